The average molecular weight is 497 g/mol. The number of Topliss-reactive ketones (excluding diaryl/α,β-unsaturated/α-hetero) is 1. The molecule has 0 aliphatic carbocycles. The Bertz CT molecular complexity index is 724. The van der Waals surface area contributed by atoms with Gasteiger partial charge in [0.05, 0.1) is 5.92 Å². The summed E-state index contributed by atoms with van der Waals surface area (Å²) in [6.45, 7) is 2.68. The first-order valence-electron chi connectivity index (χ1n) is 12.0. The van der Waals surface area contributed by atoms with E-state index in [1.807, 2.05) is 6.92 Å². The molecule has 1 heterocycles. The molecule has 3 amide bonds. The van der Waals surface area contributed by atoms with Gasteiger partial charge >= 0.3 is 5.97 Å². The molecule has 0 saturated carbocycles. The molecule has 2 unspecified atom stereocenters. The number of rotatable bonds is 16. The third-order valence-corrected chi connectivity index (χ3v) is 5.27. The van der Waals surface area contributed by atoms with Crippen LogP contribution in [0.25, 0.3) is 0 Å². The van der Waals surface area contributed by atoms with E-state index in [1.165, 1.54) is 0 Å². The third kappa shape index (κ3) is 13.9. The second kappa shape index (κ2) is 20.2. The molecule has 11 nitrogen and oxygen atoms in total. The smallest absolute Gasteiger partial charge is 0.343 e. The van der Waals surface area contributed by atoms with Crippen molar-refractivity contribution in [2.45, 2.75) is 84.0 Å². The fraction of sp³-hybridized carbons (Fsp3) is 0.667. The van der Waals surface area contributed by atoms with E-state index >= 15 is 0 Å². The molecule has 35 heavy (non-hydrogen) atoms. The molecule has 1 aliphatic heterocycles. The molecule has 0 bridgehead atoms. The van der Waals surface area contributed by atoms with Crippen molar-refractivity contribution in [1.29, 1.82) is 0 Å². The molecule has 0 aromatic heterocycles. The van der Waals surface area contributed by atoms with Crippen LogP contribution in [0.15, 0.2) is 0 Å². The zero-order valence-corrected chi connectivity index (χ0v) is 20.3. The number of nitrogens with zero attached hydrogens (tertiary/aromatic N) is 1. The molecule has 2 atom stereocenters. The topological polar surface area (TPSA) is 161 Å². The summed E-state index contributed by atoms with van der Waals surface area (Å²) < 4.78 is 0. The number of amides is 3. The van der Waals surface area contributed by atoms with Gasteiger partial charge in [-0.05, 0) is 32.1 Å². The Morgan fingerprint density at radius 3 is 2.23 bits per heavy atom. The van der Waals surface area contributed by atoms with Crippen molar-refractivity contribution in [3.05, 3.63) is 0 Å². The second-order valence-corrected chi connectivity index (χ2v) is 8.04. The minimum atomic E-state index is -0.970. The fourth-order valence-corrected chi connectivity index (χ4v) is 3.17. The van der Waals surface area contributed by atoms with E-state index in [1.54, 1.807) is 0 Å². The molecule has 1 fully saturated rings. The summed E-state index contributed by atoms with van der Waals surface area (Å²) in [4.78, 5) is 92.4. The molecule has 196 valence electrons. The lowest BCUT2D eigenvalue weighted by Gasteiger charge is -2.21. The van der Waals surface area contributed by atoms with E-state index in [9.17, 15) is 38.4 Å². The van der Waals surface area contributed by atoms with Gasteiger partial charge in [-0.2, -0.15) is 0 Å². The summed E-state index contributed by atoms with van der Waals surface area (Å²) in [6.07, 6.45) is 8.40. The highest BCUT2D eigenvalue weighted by molar-refractivity contribution is 6.02. The maximum absolute atomic E-state index is 11.8. The number of hydroxylamine groups is 2. The van der Waals surface area contributed by atoms with E-state index in [4.69, 9.17) is 0 Å². The molecular formula is C24H36N2O9. The predicted octanol–water partition coefficient (Wildman–Crippen LogP) is 1.65. The lowest BCUT2D eigenvalue weighted by atomic mass is 9.93. The van der Waals surface area contributed by atoms with Crippen LogP contribution in [0.3, 0.4) is 0 Å². The molecule has 0 spiro atoms. The van der Waals surface area contributed by atoms with Crippen molar-refractivity contribution in [2.24, 2.45) is 11.8 Å². The zero-order chi connectivity index (χ0) is 26.5. The molecule has 11 heteroatoms. The van der Waals surface area contributed by atoms with E-state index < -0.39 is 23.7 Å². The van der Waals surface area contributed by atoms with Crippen LogP contribution in [-0.4, -0.2) is 60.4 Å². The number of unbranched alkanes of at least 4 members (excludes halogenated alkanes) is 5. The van der Waals surface area contributed by atoms with E-state index in [0.717, 1.165) is 38.3 Å². The predicted molar refractivity (Wildman–Crippen MR) is 123 cm³/mol. The molecular weight excluding hydrogens is 460 g/mol. The third-order valence-electron chi connectivity index (χ3n) is 5.27. The van der Waals surface area contributed by atoms with Crippen molar-refractivity contribution < 1.29 is 43.2 Å². The second-order valence-electron chi connectivity index (χ2n) is 8.04. The van der Waals surface area contributed by atoms with Crippen LogP contribution in [0.4, 0.5) is 0 Å². The summed E-state index contributed by atoms with van der Waals surface area (Å²) >= 11 is 0. The van der Waals surface area contributed by atoms with Crippen LogP contribution in [0, 0.1) is 11.8 Å². The number of aldehydes is 3. The first-order chi connectivity index (χ1) is 16.9. The number of carbonyl (C=O) groups is 8. The highest BCUT2D eigenvalue weighted by atomic mass is 16.7. The fourth-order valence-electron chi connectivity index (χ4n) is 3.17. The molecule has 0 radical (unpaired) electrons. The standard InChI is InChI=1S/C12H15NO6.C12H21NO3/c14-7-3-1-2-4-9-10(16)5-6-11(17)13(8-15)19-12(9)18;1-2-3-8-13-12(16)11(10-15)7-5-4-6-9-14/h7-9H,1-6H2;9-11H,2-8H2,1H3,(H,13,16). The quantitative estimate of drug-likeness (QED) is 0.190. The minimum Gasteiger partial charge on any atom is -0.355 e. The van der Waals surface area contributed by atoms with Gasteiger partial charge in [-0.15, -0.1) is 5.06 Å². The normalized spacial score (nSPS) is 16.5. The Kier molecular flexibility index (Phi) is 18.3. The van der Waals surface area contributed by atoms with Gasteiger partial charge in [-0.1, -0.05) is 26.2 Å². The summed E-state index contributed by atoms with van der Waals surface area (Å²) in [6, 6.07) is 0. The van der Waals surface area contributed by atoms with Gasteiger partial charge in [0, 0.05) is 32.2 Å². The molecule has 0 aromatic rings. The van der Waals surface area contributed by atoms with E-state index in [2.05, 4.69) is 10.2 Å². The van der Waals surface area contributed by atoms with Crippen molar-refractivity contribution in [1.82, 2.24) is 10.4 Å². The summed E-state index contributed by atoms with van der Waals surface area (Å²) in [7, 11) is 0. The van der Waals surface area contributed by atoms with Crippen LogP contribution in [0.1, 0.15) is 84.0 Å². The number of hydrogen-bond acceptors (Lipinski definition) is 9. The van der Waals surface area contributed by atoms with E-state index in [-0.39, 0.29) is 37.4 Å². The first kappa shape index (κ1) is 31.8. The minimum absolute atomic E-state index is 0.0867. The number of nitrogens with one attached hydrogen (secondary N) is 1. The maximum atomic E-state index is 11.8. The summed E-state index contributed by atoms with van der Waals surface area (Å²) in [5.74, 6) is -3.68. The van der Waals surface area contributed by atoms with Crippen LogP contribution >= 0.6 is 0 Å². The largest absolute Gasteiger partial charge is 0.355 e. The van der Waals surface area contributed by atoms with Crippen molar-refractivity contribution in [2.75, 3.05) is 6.54 Å². The van der Waals surface area contributed by atoms with Crippen LogP contribution in [0.2, 0.25) is 0 Å². The van der Waals surface area contributed by atoms with Crippen LogP contribution < -0.4 is 5.32 Å². The Balaban J connectivity index is 0.000000672. The Labute approximate surface area is 205 Å². The lowest BCUT2D eigenvalue weighted by molar-refractivity contribution is -0.201. The van der Waals surface area contributed by atoms with Gasteiger partial charge < -0.3 is 24.5 Å². The zero-order valence-electron chi connectivity index (χ0n) is 20.3. The van der Waals surface area contributed by atoms with Gasteiger partial charge in [-0.3, -0.25) is 19.2 Å². The number of carbonyl (C=O) groups excluding carboxylic acids is 8. The van der Waals surface area contributed by atoms with Gasteiger partial charge in [0.25, 0.3) is 12.3 Å². The Morgan fingerprint density at radius 1 is 1.00 bits per heavy atom. The maximum Gasteiger partial charge on any atom is 0.343 e. The Hall–Kier alpha value is -3.24. The highest BCUT2D eigenvalue weighted by Gasteiger charge is 2.33. The molecule has 1 aliphatic rings. The van der Waals surface area contributed by atoms with Crippen LogP contribution in [-0.2, 0) is 43.2 Å². The monoisotopic (exact) mass is 496 g/mol. The first-order valence-corrected chi connectivity index (χ1v) is 12.0. The number of hydrogen-bond donors (Lipinski definition) is 1. The molecule has 1 rings (SSSR count). The van der Waals surface area contributed by atoms with E-state index in [0.29, 0.717) is 50.0 Å². The van der Waals surface area contributed by atoms with Crippen molar-refractivity contribution in [3.8, 4) is 0 Å². The van der Waals surface area contributed by atoms with Gasteiger partial charge in [-0.25, -0.2) is 4.79 Å². The number of ketones is 1. The average Bonchev–Trinajstić information content (AvgIpc) is 2.85. The SMILES string of the molecule is CCCCNC(=O)C(C=O)CCCCC=O.O=CCCCCC1C(=O)CCC(=O)N(C=O)OC1=O. The summed E-state index contributed by atoms with van der Waals surface area (Å²) in [5.41, 5.74) is 0. The lowest BCUT2D eigenvalue weighted by Crippen LogP contribution is -2.40. The number of imide groups is 1. The Morgan fingerprint density at radius 2 is 1.66 bits per heavy atom. The van der Waals surface area contributed by atoms with Gasteiger partial charge in [0.2, 0.25) is 5.91 Å². The molecule has 0 aromatic carbocycles. The summed E-state index contributed by atoms with van der Waals surface area (Å²) in [5, 5.41) is 3.06. The van der Waals surface area contributed by atoms with Crippen molar-refractivity contribution in [3.63, 3.8) is 0 Å². The van der Waals surface area contributed by atoms with Gasteiger partial charge in [0.15, 0.2) is 0 Å². The molecule has 1 N–H and O–H groups in total. The molecule has 1 saturated heterocycles. The van der Waals surface area contributed by atoms with Gasteiger partial charge in [0.1, 0.15) is 30.6 Å². The van der Waals surface area contributed by atoms with Crippen molar-refractivity contribution >= 4 is 48.8 Å². The highest BCUT2D eigenvalue weighted by Crippen LogP contribution is 2.19. The van der Waals surface area contributed by atoms with Crippen LogP contribution in [0.5, 0.6) is 0 Å².